The molecule has 0 radical (unpaired) electrons. The monoisotopic (exact) mass is 467 g/mol. The fourth-order valence-corrected chi connectivity index (χ4v) is 5.16. The second-order valence-electron chi connectivity index (χ2n) is 7.08. The minimum atomic E-state index is -3.77. The molecule has 0 aliphatic heterocycles. The van der Waals surface area contributed by atoms with Crippen LogP contribution in [0.2, 0.25) is 0 Å². The van der Waals surface area contributed by atoms with E-state index < -0.39 is 10.0 Å². The summed E-state index contributed by atoms with van der Waals surface area (Å²) >= 11 is 1.41. The molecule has 2 aromatic heterocycles. The van der Waals surface area contributed by atoms with Crippen LogP contribution in [0.5, 0.6) is 5.75 Å². The Morgan fingerprint density at radius 2 is 1.81 bits per heavy atom. The summed E-state index contributed by atoms with van der Waals surface area (Å²) in [5, 5.41) is 0. The van der Waals surface area contributed by atoms with Crippen LogP contribution < -0.4 is 15.0 Å². The van der Waals surface area contributed by atoms with Crippen molar-refractivity contribution < 1.29 is 13.2 Å². The van der Waals surface area contributed by atoms with Crippen molar-refractivity contribution in [1.82, 2.24) is 9.38 Å². The number of thioether (sulfide) groups is 1. The molecule has 4 aromatic rings. The number of nitrogens with zero attached hydrogens (tertiary/aromatic N) is 2. The number of para-hydroxylation sites is 1. The number of methoxy groups -OCH3 is 1. The van der Waals surface area contributed by atoms with Crippen molar-refractivity contribution in [2.24, 2.45) is 0 Å². The van der Waals surface area contributed by atoms with Crippen molar-refractivity contribution >= 4 is 33.1 Å². The van der Waals surface area contributed by atoms with Gasteiger partial charge in [-0.1, -0.05) is 12.1 Å². The molecule has 0 atom stereocenters. The molecule has 1 N–H and O–H groups in total. The summed E-state index contributed by atoms with van der Waals surface area (Å²) in [7, 11) is -2.25. The Kier molecular flexibility index (Phi) is 6.20. The van der Waals surface area contributed by atoms with Crippen molar-refractivity contribution in [3.63, 3.8) is 0 Å². The van der Waals surface area contributed by atoms with Crippen LogP contribution >= 0.6 is 11.8 Å². The number of aromatic nitrogens is 2. The summed E-state index contributed by atoms with van der Waals surface area (Å²) in [5.41, 5.74) is 2.53. The highest BCUT2D eigenvalue weighted by atomic mass is 32.2. The van der Waals surface area contributed by atoms with Crippen LogP contribution in [0.4, 0.5) is 5.69 Å². The number of hydrogen-bond donors (Lipinski definition) is 1. The molecule has 0 fully saturated rings. The summed E-state index contributed by atoms with van der Waals surface area (Å²) in [6.07, 6.45) is 1.71. The number of ether oxygens (including phenoxy) is 1. The van der Waals surface area contributed by atoms with Crippen LogP contribution in [0.1, 0.15) is 11.3 Å². The first-order valence-corrected chi connectivity index (χ1v) is 12.2. The predicted octanol–water partition coefficient (Wildman–Crippen LogP) is 4.10. The molecule has 2 heterocycles. The van der Waals surface area contributed by atoms with Crippen LogP contribution in [0.15, 0.2) is 87.5 Å². The summed E-state index contributed by atoms with van der Waals surface area (Å²) in [5.74, 6) is 0.995. The number of anilines is 1. The normalized spacial score (nSPS) is 11.4. The van der Waals surface area contributed by atoms with Gasteiger partial charge in [0.1, 0.15) is 11.4 Å². The molecule has 7 nitrogen and oxygen atoms in total. The third-order valence-electron chi connectivity index (χ3n) is 4.75. The summed E-state index contributed by atoms with van der Waals surface area (Å²) in [6.45, 7) is 1.94. The first-order chi connectivity index (χ1) is 15.4. The van der Waals surface area contributed by atoms with E-state index in [1.54, 1.807) is 30.5 Å². The van der Waals surface area contributed by atoms with E-state index in [2.05, 4.69) is 9.71 Å². The number of rotatable bonds is 7. The largest absolute Gasteiger partial charge is 0.497 e. The molecule has 164 valence electrons. The second-order valence-corrected chi connectivity index (χ2v) is 9.78. The van der Waals surface area contributed by atoms with Crippen molar-refractivity contribution in [3.05, 3.63) is 94.5 Å². The lowest BCUT2D eigenvalue weighted by Gasteiger charge is -2.13. The number of aryl methyl sites for hydroxylation is 1. The molecule has 0 aliphatic carbocycles. The third kappa shape index (κ3) is 4.79. The van der Waals surface area contributed by atoms with E-state index in [9.17, 15) is 13.2 Å². The van der Waals surface area contributed by atoms with Crippen molar-refractivity contribution in [3.8, 4) is 5.75 Å². The maximum Gasteiger partial charge on any atom is 0.261 e. The molecule has 0 spiro atoms. The van der Waals surface area contributed by atoms with Gasteiger partial charge in [-0.25, -0.2) is 13.4 Å². The minimum absolute atomic E-state index is 0.137. The van der Waals surface area contributed by atoms with Gasteiger partial charge in [-0.3, -0.25) is 13.9 Å². The lowest BCUT2D eigenvalue weighted by atomic mass is 10.3. The Morgan fingerprint density at radius 1 is 1.06 bits per heavy atom. The van der Waals surface area contributed by atoms with Gasteiger partial charge >= 0.3 is 0 Å². The zero-order chi connectivity index (χ0) is 22.7. The van der Waals surface area contributed by atoms with Gasteiger partial charge in [0.2, 0.25) is 0 Å². The Morgan fingerprint density at radius 3 is 2.56 bits per heavy atom. The fraction of sp³-hybridized carbons (Fsp3) is 0.130. The highest BCUT2D eigenvalue weighted by Crippen LogP contribution is 2.31. The second kappa shape index (κ2) is 9.05. The molecule has 9 heteroatoms. The Balaban J connectivity index is 1.56. The predicted molar refractivity (Wildman–Crippen MR) is 126 cm³/mol. The van der Waals surface area contributed by atoms with E-state index in [4.69, 9.17) is 4.74 Å². The Hall–Kier alpha value is -3.30. The smallest absolute Gasteiger partial charge is 0.261 e. The van der Waals surface area contributed by atoms with Crippen LogP contribution in [-0.2, 0) is 15.8 Å². The minimum Gasteiger partial charge on any atom is -0.497 e. The quantitative estimate of drug-likeness (QED) is 0.412. The maximum absolute atomic E-state index is 12.8. The fourth-order valence-electron chi connectivity index (χ4n) is 3.11. The van der Waals surface area contributed by atoms with E-state index in [1.807, 2.05) is 31.2 Å². The average molecular weight is 468 g/mol. The summed E-state index contributed by atoms with van der Waals surface area (Å²) < 4.78 is 34.9. The molecule has 32 heavy (non-hydrogen) atoms. The number of sulfonamides is 1. The molecular formula is C23H21N3O4S2. The zero-order valence-electron chi connectivity index (χ0n) is 17.5. The first-order valence-electron chi connectivity index (χ1n) is 9.73. The topological polar surface area (TPSA) is 89.8 Å². The molecule has 0 saturated heterocycles. The standard InChI is InChI=1S/C23H21N3O4S2/c1-16-11-12-26-22(13-16)24-17(14-23(26)27)15-31-21-6-4-3-5-20(21)25-32(28,29)19-9-7-18(30-2)8-10-19/h3-14,25H,15H2,1-2H3. The van der Waals surface area contributed by atoms with Gasteiger partial charge in [-0.2, -0.15) is 0 Å². The number of fused-ring (bicyclic) bond motifs is 1. The molecule has 2 aromatic carbocycles. The van der Waals surface area contributed by atoms with E-state index in [1.165, 1.54) is 41.5 Å². The van der Waals surface area contributed by atoms with Crippen LogP contribution in [0.25, 0.3) is 5.65 Å². The van der Waals surface area contributed by atoms with Crippen molar-refractivity contribution in [2.75, 3.05) is 11.8 Å². The summed E-state index contributed by atoms with van der Waals surface area (Å²) in [4.78, 5) is 17.8. The summed E-state index contributed by atoms with van der Waals surface area (Å²) in [6, 6.07) is 18.5. The van der Waals surface area contributed by atoms with Gasteiger partial charge in [0, 0.05) is 22.9 Å². The van der Waals surface area contributed by atoms with Crippen molar-refractivity contribution in [2.45, 2.75) is 22.5 Å². The molecule has 0 aliphatic rings. The molecule has 0 unspecified atom stereocenters. The van der Waals surface area contributed by atoms with Gasteiger partial charge in [-0.05, 0) is 61.0 Å². The molecule has 0 saturated carbocycles. The van der Waals surface area contributed by atoms with Gasteiger partial charge < -0.3 is 4.74 Å². The van der Waals surface area contributed by atoms with Crippen LogP contribution in [-0.4, -0.2) is 24.9 Å². The van der Waals surface area contributed by atoms with E-state index >= 15 is 0 Å². The van der Waals surface area contributed by atoms with Crippen molar-refractivity contribution in [1.29, 1.82) is 0 Å². The average Bonchev–Trinajstić information content (AvgIpc) is 2.78. The Labute approximate surface area is 190 Å². The number of benzene rings is 2. The lowest BCUT2D eigenvalue weighted by molar-refractivity contribution is 0.414. The highest BCUT2D eigenvalue weighted by Gasteiger charge is 2.16. The van der Waals surface area contributed by atoms with E-state index in [0.29, 0.717) is 28.5 Å². The van der Waals surface area contributed by atoms with Crippen LogP contribution in [0, 0.1) is 6.92 Å². The molecule has 0 bridgehead atoms. The van der Waals surface area contributed by atoms with Gasteiger partial charge in [-0.15, -0.1) is 11.8 Å². The van der Waals surface area contributed by atoms with Gasteiger partial charge in [0.05, 0.1) is 23.4 Å². The number of pyridine rings is 1. The third-order valence-corrected chi connectivity index (χ3v) is 7.24. The molecule has 4 rings (SSSR count). The molecular weight excluding hydrogens is 446 g/mol. The zero-order valence-corrected chi connectivity index (χ0v) is 19.1. The van der Waals surface area contributed by atoms with Crippen LogP contribution in [0.3, 0.4) is 0 Å². The maximum atomic E-state index is 12.8. The molecule has 0 amide bonds. The van der Waals surface area contributed by atoms with Gasteiger partial charge in [0.15, 0.2) is 0 Å². The number of nitrogens with one attached hydrogen (secondary N) is 1. The highest BCUT2D eigenvalue weighted by molar-refractivity contribution is 7.98. The van der Waals surface area contributed by atoms with E-state index in [0.717, 1.165) is 10.5 Å². The SMILES string of the molecule is COc1ccc(S(=O)(=O)Nc2ccccc2SCc2cc(=O)n3ccc(C)cc3n2)cc1. The number of hydrogen-bond acceptors (Lipinski definition) is 6. The van der Waals surface area contributed by atoms with E-state index in [-0.39, 0.29) is 10.5 Å². The first kappa shape index (κ1) is 21.9. The Bertz CT molecular complexity index is 1430. The van der Waals surface area contributed by atoms with Gasteiger partial charge in [0.25, 0.3) is 15.6 Å². The lowest BCUT2D eigenvalue weighted by Crippen LogP contribution is -2.15.